The lowest BCUT2D eigenvalue weighted by atomic mass is 10.1. The summed E-state index contributed by atoms with van der Waals surface area (Å²) < 4.78 is 4.61. The number of carbonyl (C=O) groups is 2. The molecule has 0 spiro atoms. The highest BCUT2D eigenvalue weighted by atomic mass is 16.5. The lowest BCUT2D eigenvalue weighted by Gasteiger charge is -1.96. The van der Waals surface area contributed by atoms with Gasteiger partial charge in [0, 0.05) is 11.5 Å². The van der Waals surface area contributed by atoms with Crippen LogP contribution in [0.2, 0.25) is 0 Å². The van der Waals surface area contributed by atoms with Crippen molar-refractivity contribution in [2.24, 2.45) is 0 Å². The first-order valence-corrected chi connectivity index (χ1v) is 4.64. The molecule has 0 aliphatic rings. The average molecular weight is 218 g/mol. The second-order valence-corrected chi connectivity index (χ2v) is 2.86. The van der Waals surface area contributed by atoms with Crippen molar-refractivity contribution in [3.8, 4) is 17.6 Å². The third-order valence-corrected chi connectivity index (χ3v) is 1.74. The minimum absolute atomic E-state index is 0.161. The molecule has 0 amide bonds. The van der Waals surface area contributed by atoms with Crippen LogP contribution < -0.4 is 0 Å². The molecule has 0 heterocycles. The second kappa shape index (κ2) is 5.56. The monoisotopic (exact) mass is 218 g/mol. The van der Waals surface area contributed by atoms with Crippen molar-refractivity contribution >= 4 is 12.3 Å². The van der Waals surface area contributed by atoms with Crippen LogP contribution in [-0.2, 0) is 9.53 Å². The Balaban J connectivity index is 2.86. The van der Waals surface area contributed by atoms with Crippen molar-refractivity contribution in [1.82, 2.24) is 0 Å². The van der Waals surface area contributed by atoms with Crippen molar-refractivity contribution in [2.75, 3.05) is 6.61 Å². The molecule has 0 atom stereocenters. The molecule has 4 nitrogen and oxygen atoms in total. The summed E-state index contributed by atoms with van der Waals surface area (Å²) in [5.74, 6) is 3.99. The third-order valence-electron chi connectivity index (χ3n) is 1.74. The number of esters is 1. The predicted molar refractivity (Wildman–Crippen MR) is 57.0 cm³/mol. The maximum absolute atomic E-state index is 10.9. The summed E-state index contributed by atoms with van der Waals surface area (Å²) in [4.78, 5) is 21.3. The molecular weight excluding hydrogens is 208 g/mol. The number of hydrogen-bond acceptors (Lipinski definition) is 4. The number of hydrogen-bond donors (Lipinski definition) is 1. The molecule has 16 heavy (non-hydrogen) atoms. The first-order valence-electron chi connectivity index (χ1n) is 4.64. The summed E-state index contributed by atoms with van der Waals surface area (Å²) in [6.45, 7) is 1.95. The van der Waals surface area contributed by atoms with Gasteiger partial charge < -0.3 is 9.84 Å². The van der Waals surface area contributed by atoms with Gasteiger partial charge in [0.05, 0.1) is 12.2 Å². The molecule has 1 aromatic carbocycles. The van der Waals surface area contributed by atoms with Crippen LogP contribution in [0.15, 0.2) is 18.2 Å². The molecule has 0 bridgehead atoms. The zero-order valence-electron chi connectivity index (χ0n) is 8.69. The first-order chi connectivity index (χ1) is 7.67. The molecule has 82 valence electrons. The van der Waals surface area contributed by atoms with Gasteiger partial charge in [0.2, 0.25) is 0 Å². The van der Waals surface area contributed by atoms with Gasteiger partial charge in [-0.25, -0.2) is 4.79 Å². The molecule has 1 rings (SSSR count). The summed E-state index contributed by atoms with van der Waals surface area (Å²) in [6.07, 6.45) is 0.540. The predicted octanol–water partition coefficient (Wildman–Crippen LogP) is 1.12. The molecule has 0 aliphatic carbocycles. The zero-order chi connectivity index (χ0) is 12.0. The number of phenols is 1. The Labute approximate surface area is 92.9 Å². The van der Waals surface area contributed by atoms with Crippen molar-refractivity contribution in [1.29, 1.82) is 0 Å². The summed E-state index contributed by atoms with van der Waals surface area (Å²) in [6, 6.07) is 4.28. The van der Waals surface area contributed by atoms with Crippen LogP contribution in [-0.4, -0.2) is 24.0 Å². The molecular formula is C12H10O4. The average Bonchev–Trinajstić information content (AvgIpc) is 2.27. The van der Waals surface area contributed by atoms with Gasteiger partial charge in [0.15, 0.2) is 6.29 Å². The minimum Gasteiger partial charge on any atom is -0.507 e. The highest BCUT2D eigenvalue weighted by Gasteiger charge is 2.00. The molecule has 0 unspecified atom stereocenters. The minimum atomic E-state index is -0.624. The maximum atomic E-state index is 10.9. The number of ether oxygens (including phenoxy) is 1. The van der Waals surface area contributed by atoms with Gasteiger partial charge in [0.1, 0.15) is 5.75 Å². The molecule has 0 radical (unpaired) electrons. The number of aromatic hydroxyl groups is 1. The van der Waals surface area contributed by atoms with E-state index in [9.17, 15) is 14.7 Å². The van der Waals surface area contributed by atoms with Crippen molar-refractivity contribution in [2.45, 2.75) is 6.92 Å². The van der Waals surface area contributed by atoms with E-state index in [0.29, 0.717) is 11.8 Å². The zero-order valence-corrected chi connectivity index (χ0v) is 8.69. The fourth-order valence-corrected chi connectivity index (χ4v) is 1.01. The fourth-order valence-electron chi connectivity index (χ4n) is 1.01. The molecule has 1 N–H and O–H groups in total. The van der Waals surface area contributed by atoms with Gasteiger partial charge in [0.25, 0.3) is 0 Å². The van der Waals surface area contributed by atoms with Crippen LogP contribution in [0.25, 0.3) is 0 Å². The number of benzene rings is 1. The number of aldehydes is 1. The second-order valence-electron chi connectivity index (χ2n) is 2.86. The van der Waals surface area contributed by atoms with Gasteiger partial charge in [-0.15, -0.1) is 0 Å². The quantitative estimate of drug-likeness (QED) is 0.459. The van der Waals surface area contributed by atoms with E-state index >= 15 is 0 Å². The van der Waals surface area contributed by atoms with Gasteiger partial charge in [-0.2, -0.15) is 0 Å². The molecule has 0 aromatic heterocycles. The topological polar surface area (TPSA) is 63.6 Å². The normalized spacial score (nSPS) is 8.81. The Morgan fingerprint density at radius 2 is 2.31 bits per heavy atom. The summed E-state index contributed by atoms with van der Waals surface area (Å²) in [7, 11) is 0. The number of rotatable bonds is 2. The summed E-state index contributed by atoms with van der Waals surface area (Å²) in [5.41, 5.74) is 0.623. The van der Waals surface area contributed by atoms with E-state index in [-0.39, 0.29) is 17.9 Å². The smallest absolute Gasteiger partial charge is 0.384 e. The Morgan fingerprint density at radius 3 is 2.88 bits per heavy atom. The summed E-state index contributed by atoms with van der Waals surface area (Å²) in [5, 5.41) is 9.34. The Morgan fingerprint density at radius 1 is 1.56 bits per heavy atom. The van der Waals surface area contributed by atoms with Crippen LogP contribution in [0.1, 0.15) is 22.8 Å². The lowest BCUT2D eigenvalue weighted by molar-refractivity contribution is -0.136. The Bertz CT molecular complexity index is 466. The van der Waals surface area contributed by atoms with Crippen molar-refractivity contribution in [3.63, 3.8) is 0 Å². The van der Waals surface area contributed by atoms with Crippen molar-refractivity contribution < 1.29 is 19.4 Å². The first kappa shape index (κ1) is 11.8. The van der Waals surface area contributed by atoms with Crippen LogP contribution in [0.5, 0.6) is 5.75 Å². The fraction of sp³-hybridized carbons (Fsp3) is 0.167. The Kier molecular flexibility index (Phi) is 4.10. The van der Waals surface area contributed by atoms with E-state index in [1.165, 1.54) is 18.2 Å². The highest BCUT2D eigenvalue weighted by Crippen LogP contribution is 2.15. The molecule has 0 saturated heterocycles. The van der Waals surface area contributed by atoms with E-state index in [4.69, 9.17) is 0 Å². The van der Waals surface area contributed by atoms with Crippen LogP contribution in [0.3, 0.4) is 0 Å². The largest absolute Gasteiger partial charge is 0.507 e. The van der Waals surface area contributed by atoms with E-state index in [2.05, 4.69) is 16.6 Å². The Hall–Kier alpha value is -2.28. The lowest BCUT2D eigenvalue weighted by Crippen LogP contribution is -1.99. The van der Waals surface area contributed by atoms with Crippen LogP contribution >= 0.6 is 0 Å². The molecule has 1 aromatic rings. The number of carbonyl (C=O) groups excluding carboxylic acids is 2. The SMILES string of the molecule is CCOC(=O)C#Cc1ccc(C=O)c(O)c1. The van der Waals surface area contributed by atoms with E-state index in [1.54, 1.807) is 6.92 Å². The van der Waals surface area contributed by atoms with E-state index in [0.717, 1.165) is 0 Å². The third kappa shape index (κ3) is 3.14. The van der Waals surface area contributed by atoms with Crippen LogP contribution in [0, 0.1) is 11.8 Å². The van der Waals surface area contributed by atoms with Crippen molar-refractivity contribution in [3.05, 3.63) is 29.3 Å². The standard InChI is InChI=1S/C12H10O4/c1-2-16-12(15)6-4-9-3-5-10(8-13)11(14)7-9/h3,5,7-8,14H,2H2,1H3. The summed E-state index contributed by atoms with van der Waals surface area (Å²) >= 11 is 0. The molecule has 0 fully saturated rings. The van der Waals surface area contributed by atoms with E-state index in [1.807, 2.05) is 0 Å². The van der Waals surface area contributed by atoms with Gasteiger partial charge in [-0.1, -0.05) is 5.92 Å². The van der Waals surface area contributed by atoms with Gasteiger partial charge in [-0.3, -0.25) is 4.79 Å². The van der Waals surface area contributed by atoms with Gasteiger partial charge >= 0.3 is 5.97 Å². The maximum Gasteiger partial charge on any atom is 0.384 e. The van der Waals surface area contributed by atoms with Gasteiger partial charge in [-0.05, 0) is 25.1 Å². The molecule has 0 saturated carbocycles. The molecule has 0 aliphatic heterocycles. The molecule has 4 heteroatoms. The van der Waals surface area contributed by atoms with E-state index < -0.39 is 5.97 Å². The van der Waals surface area contributed by atoms with Crippen LogP contribution in [0.4, 0.5) is 0 Å². The number of phenolic OH excluding ortho intramolecular Hbond substituents is 1. The highest BCUT2D eigenvalue weighted by molar-refractivity contribution is 5.89.